The number of para-hydroxylation sites is 1. The summed E-state index contributed by atoms with van der Waals surface area (Å²) in [5.74, 6) is -0.805. The molecule has 1 aromatic heterocycles. The lowest BCUT2D eigenvalue weighted by atomic mass is 10.00. The largest absolute Gasteiger partial charge is 0.444 e. The molecule has 0 spiro atoms. The molecule has 5 heteroatoms. The van der Waals surface area contributed by atoms with Gasteiger partial charge in [-0.25, -0.2) is 4.79 Å². The lowest BCUT2D eigenvalue weighted by Gasteiger charge is -2.22. The number of carbonyl (C=O) groups excluding carboxylic acids is 2. The number of nitrogens with zero attached hydrogens (tertiary/aromatic N) is 2. The summed E-state index contributed by atoms with van der Waals surface area (Å²) in [4.78, 5) is 32.0. The number of benzene rings is 2. The summed E-state index contributed by atoms with van der Waals surface area (Å²) in [7, 11) is 3.29. The molecule has 0 aliphatic carbocycles. The van der Waals surface area contributed by atoms with Crippen LogP contribution in [0.25, 0.3) is 10.9 Å². The van der Waals surface area contributed by atoms with E-state index in [1.54, 1.807) is 26.2 Å². The maximum atomic E-state index is 13.2. The minimum Gasteiger partial charge on any atom is -0.444 e. The van der Waals surface area contributed by atoms with Crippen LogP contribution in [0.1, 0.15) is 40.2 Å². The number of likely N-dealkylation sites (N-methyl/N-ethyl adjacent to an activating group) is 1. The van der Waals surface area contributed by atoms with Crippen molar-refractivity contribution in [3.05, 3.63) is 77.0 Å². The highest BCUT2D eigenvalue weighted by Crippen LogP contribution is 2.27. The zero-order valence-corrected chi connectivity index (χ0v) is 16.6. The van der Waals surface area contributed by atoms with Crippen LogP contribution in [-0.4, -0.2) is 35.9 Å². The average Bonchev–Trinajstić information content (AvgIpc) is 2.71. The first-order valence-electron chi connectivity index (χ1n) is 9.29. The van der Waals surface area contributed by atoms with Crippen molar-refractivity contribution in [2.24, 2.45) is 0 Å². The van der Waals surface area contributed by atoms with Gasteiger partial charge in [0.1, 0.15) is 0 Å². The van der Waals surface area contributed by atoms with Gasteiger partial charge in [0.25, 0.3) is 5.91 Å². The topological polar surface area (TPSA) is 59.5 Å². The highest BCUT2D eigenvalue weighted by atomic mass is 16.5. The summed E-state index contributed by atoms with van der Waals surface area (Å²) in [6.45, 7) is 3.88. The van der Waals surface area contributed by atoms with E-state index in [1.807, 2.05) is 56.3 Å². The van der Waals surface area contributed by atoms with Gasteiger partial charge in [0, 0.05) is 30.7 Å². The number of aryl methyl sites for hydroxylation is 1. The third-order valence-electron chi connectivity index (χ3n) is 4.77. The van der Waals surface area contributed by atoms with E-state index < -0.39 is 12.1 Å². The average molecular weight is 376 g/mol. The summed E-state index contributed by atoms with van der Waals surface area (Å²) < 4.78 is 5.78. The van der Waals surface area contributed by atoms with Crippen molar-refractivity contribution >= 4 is 22.8 Å². The van der Waals surface area contributed by atoms with Crippen LogP contribution in [0.5, 0.6) is 0 Å². The number of ether oxygens (including phenoxy) is 1. The molecule has 2 aromatic carbocycles. The van der Waals surface area contributed by atoms with Crippen LogP contribution in [0, 0.1) is 6.92 Å². The number of aromatic nitrogens is 1. The Morgan fingerprint density at radius 1 is 1.04 bits per heavy atom. The SMILES string of the molecule is CCc1nc2ccccc2c(C(=O)O[C@@H](C(=O)N(C)C)c2ccccc2)c1C. The summed E-state index contributed by atoms with van der Waals surface area (Å²) in [6.07, 6.45) is -0.296. The number of carbonyl (C=O) groups is 2. The Morgan fingerprint density at radius 3 is 2.32 bits per heavy atom. The second-order valence-corrected chi connectivity index (χ2v) is 6.86. The normalized spacial score (nSPS) is 11.9. The predicted molar refractivity (Wildman–Crippen MR) is 109 cm³/mol. The molecule has 28 heavy (non-hydrogen) atoms. The van der Waals surface area contributed by atoms with Crippen LogP contribution in [-0.2, 0) is 16.0 Å². The molecule has 0 fully saturated rings. The number of amides is 1. The minimum atomic E-state index is -1.000. The number of fused-ring (bicyclic) bond motifs is 1. The molecule has 0 saturated carbocycles. The van der Waals surface area contributed by atoms with Crippen LogP contribution in [0.2, 0.25) is 0 Å². The first-order chi connectivity index (χ1) is 13.4. The van der Waals surface area contributed by atoms with Gasteiger partial charge < -0.3 is 9.64 Å². The molecule has 1 heterocycles. The van der Waals surface area contributed by atoms with E-state index in [-0.39, 0.29) is 5.91 Å². The van der Waals surface area contributed by atoms with E-state index in [2.05, 4.69) is 4.98 Å². The molecule has 5 nitrogen and oxygen atoms in total. The second kappa shape index (κ2) is 8.21. The lowest BCUT2D eigenvalue weighted by molar-refractivity contribution is -0.138. The van der Waals surface area contributed by atoms with Gasteiger partial charge in [-0.1, -0.05) is 55.5 Å². The highest BCUT2D eigenvalue weighted by molar-refractivity contribution is 6.05. The first-order valence-corrected chi connectivity index (χ1v) is 9.29. The molecule has 144 valence electrons. The number of hydrogen-bond donors (Lipinski definition) is 0. The standard InChI is InChI=1S/C23H24N2O3/c1-5-18-15(2)20(17-13-9-10-14-19(17)24-18)23(27)28-21(22(26)25(3)4)16-11-7-6-8-12-16/h6-14,21H,5H2,1-4H3/t21-/m1/s1. The Kier molecular flexibility index (Phi) is 5.73. The first kappa shape index (κ1) is 19.5. The molecule has 0 aliphatic heterocycles. The summed E-state index contributed by atoms with van der Waals surface area (Å²) >= 11 is 0. The van der Waals surface area contributed by atoms with Gasteiger partial charge in [0.2, 0.25) is 6.10 Å². The van der Waals surface area contributed by atoms with E-state index in [1.165, 1.54) is 4.90 Å². The third kappa shape index (κ3) is 3.74. The maximum Gasteiger partial charge on any atom is 0.340 e. The van der Waals surface area contributed by atoms with Crippen LogP contribution in [0.3, 0.4) is 0 Å². The number of esters is 1. The van der Waals surface area contributed by atoms with Crippen molar-refractivity contribution in [2.45, 2.75) is 26.4 Å². The molecule has 3 aromatic rings. The third-order valence-corrected chi connectivity index (χ3v) is 4.77. The van der Waals surface area contributed by atoms with E-state index in [0.29, 0.717) is 17.5 Å². The number of hydrogen-bond acceptors (Lipinski definition) is 4. The smallest absolute Gasteiger partial charge is 0.340 e. The maximum absolute atomic E-state index is 13.2. The second-order valence-electron chi connectivity index (χ2n) is 6.86. The molecule has 0 radical (unpaired) electrons. The summed E-state index contributed by atoms with van der Waals surface area (Å²) in [6, 6.07) is 16.6. The predicted octanol–water partition coefficient (Wildman–Crippen LogP) is 4.09. The van der Waals surface area contributed by atoms with E-state index in [4.69, 9.17) is 4.74 Å². The van der Waals surface area contributed by atoms with Gasteiger partial charge >= 0.3 is 5.97 Å². The van der Waals surface area contributed by atoms with Crippen LogP contribution in [0.4, 0.5) is 0 Å². The Hall–Kier alpha value is -3.21. The van der Waals surface area contributed by atoms with Gasteiger partial charge in [0.15, 0.2) is 0 Å². The fraction of sp³-hybridized carbons (Fsp3) is 0.261. The number of rotatable bonds is 5. The van der Waals surface area contributed by atoms with Crippen molar-refractivity contribution < 1.29 is 14.3 Å². The molecular weight excluding hydrogens is 352 g/mol. The molecule has 0 unspecified atom stereocenters. The fourth-order valence-corrected chi connectivity index (χ4v) is 3.25. The zero-order valence-electron chi connectivity index (χ0n) is 16.6. The van der Waals surface area contributed by atoms with Crippen molar-refractivity contribution in [1.29, 1.82) is 0 Å². The van der Waals surface area contributed by atoms with Gasteiger partial charge in [0.05, 0.1) is 11.1 Å². The summed E-state index contributed by atoms with van der Waals surface area (Å²) in [5.41, 5.74) is 3.49. The monoisotopic (exact) mass is 376 g/mol. The van der Waals surface area contributed by atoms with E-state index in [9.17, 15) is 9.59 Å². The van der Waals surface area contributed by atoms with Crippen LogP contribution >= 0.6 is 0 Å². The zero-order chi connectivity index (χ0) is 20.3. The van der Waals surface area contributed by atoms with Crippen molar-refractivity contribution in [2.75, 3.05) is 14.1 Å². The van der Waals surface area contributed by atoms with Crippen molar-refractivity contribution in [3.8, 4) is 0 Å². The van der Waals surface area contributed by atoms with E-state index in [0.717, 1.165) is 22.2 Å². The molecule has 0 N–H and O–H groups in total. The molecule has 0 bridgehead atoms. The van der Waals surface area contributed by atoms with Gasteiger partial charge in [-0.15, -0.1) is 0 Å². The Balaban J connectivity index is 2.08. The molecule has 0 saturated heterocycles. The Morgan fingerprint density at radius 2 is 1.68 bits per heavy atom. The lowest BCUT2D eigenvalue weighted by Crippen LogP contribution is -2.31. The Labute approximate surface area is 165 Å². The molecule has 0 aliphatic rings. The van der Waals surface area contributed by atoms with Crippen LogP contribution < -0.4 is 0 Å². The molecule has 3 rings (SSSR count). The highest BCUT2D eigenvalue weighted by Gasteiger charge is 2.29. The van der Waals surface area contributed by atoms with Gasteiger partial charge in [-0.2, -0.15) is 0 Å². The minimum absolute atomic E-state index is 0.286. The van der Waals surface area contributed by atoms with Gasteiger partial charge in [-0.3, -0.25) is 9.78 Å². The number of pyridine rings is 1. The fourth-order valence-electron chi connectivity index (χ4n) is 3.25. The quantitative estimate of drug-likeness (QED) is 0.629. The van der Waals surface area contributed by atoms with Gasteiger partial charge in [-0.05, 0) is 25.0 Å². The molecule has 1 amide bonds. The summed E-state index contributed by atoms with van der Waals surface area (Å²) in [5, 5.41) is 0.728. The van der Waals surface area contributed by atoms with Crippen LogP contribution in [0.15, 0.2) is 54.6 Å². The van der Waals surface area contributed by atoms with E-state index >= 15 is 0 Å². The van der Waals surface area contributed by atoms with Crippen molar-refractivity contribution in [1.82, 2.24) is 9.88 Å². The molecular formula is C23H24N2O3. The molecule has 1 atom stereocenters. The Bertz CT molecular complexity index is 1010. The van der Waals surface area contributed by atoms with Crippen molar-refractivity contribution in [3.63, 3.8) is 0 Å².